The lowest BCUT2D eigenvalue weighted by Crippen LogP contribution is -2.30. The molecule has 1 saturated heterocycles. The Morgan fingerprint density at radius 3 is 2.38 bits per heavy atom. The molecule has 0 saturated carbocycles. The first-order valence-electron chi connectivity index (χ1n) is 7.63. The van der Waals surface area contributed by atoms with Gasteiger partial charge in [0.1, 0.15) is 0 Å². The zero-order chi connectivity index (χ0) is 19.1. The molecule has 1 unspecified atom stereocenters. The fraction of sp³-hybridized carbons (Fsp3) is 0.176. The summed E-state index contributed by atoms with van der Waals surface area (Å²) < 4.78 is 25.0. The van der Waals surface area contributed by atoms with Gasteiger partial charge in [-0.05, 0) is 36.4 Å². The van der Waals surface area contributed by atoms with Gasteiger partial charge in [0.05, 0.1) is 33.1 Å². The van der Waals surface area contributed by atoms with E-state index in [1.54, 1.807) is 25.1 Å². The molecule has 0 radical (unpaired) electrons. The second-order valence-corrected chi connectivity index (χ2v) is 8.53. The fourth-order valence-electron chi connectivity index (χ4n) is 2.63. The van der Waals surface area contributed by atoms with Crippen LogP contribution in [0.1, 0.15) is 17.3 Å². The Bertz CT molecular complexity index is 990. The summed E-state index contributed by atoms with van der Waals surface area (Å²) in [7, 11) is -3.68. The van der Waals surface area contributed by atoms with Crippen LogP contribution < -0.4 is 9.62 Å². The van der Waals surface area contributed by atoms with Crippen LogP contribution in [0.15, 0.2) is 42.5 Å². The lowest BCUT2D eigenvalue weighted by atomic mass is 10.1. The molecule has 0 aromatic heterocycles. The predicted octanol–water partition coefficient (Wildman–Crippen LogP) is 3.56. The minimum absolute atomic E-state index is 0.205. The highest BCUT2D eigenvalue weighted by Gasteiger charge is 2.41. The first-order valence-corrected chi connectivity index (χ1v) is 9.99. The van der Waals surface area contributed by atoms with Gasteiger partial charge in [0.25, 0.3) is 5.91 Å². The van der Waals surface area contributed by atoms with Crippen LogP contribution >= 0.6 is 23.2 Å². The van der Waals surface area contributed by atoms with Crippen LogP contribution in [0.4, 0.5) is 11.4 Å². The minimum atomic E-state index is -3.68. The molecule has 26 heavy (non-hydrogen) atoms. The summed E-state index contributed by atoms with van der Waals surface area (Å²) in [6.07, 6.45) is 0. The van der Waals surface area contributed by atoms with E-state index in [4.69, 9.17) is 23.2 Å². The molecule has 1 fully saturated rings. The summed E-state index contributed by atoms with van der Waals surface area (Å²) in [5, 5.41) is 3.17. The lowest BCUT2D eigenvalue weighted by molar-refractivity contribution is -0.119. The molecule has 1 heterocycles. The molecule has 3 rings (SSSR count). The molecule has 0 bridgehead atoms. The standard InChI is InChI=1S/C17H14Cl2N2O4S/c1-10-9-26(24,25)21(17(10)23)12-7-5-11(6-8-12)16(22)20-14-4-2-3-13(18)15(14)19/h2-8,10H,9H2,1H3,(H,20,22). The molecule has 6 nitrogen and oxygen atoms in total. The van der Waals surface area contributed by atoms with Gasteiger partial charge >= 0.3 is 0 Å². The molecule has 2 aromatic rings. The van der Waals surface area contributed by atoms with Crippen LogP contribution in [0.5, 0.6) is 0 Å². The van der Waals surface area contributed by atoms with Crippen LogP contribution in [-0.4, -0.2) is 26.0 Å². The van der Waals surface area contributed by atoms with E-state index >= 15 is 0 Å². The zero-order valence-electron chi connectivity index (χ0n) is 13.6. The van der Waals surface area contributed by atoms with Gasteiger partial charge in [0.2, 0.25) is 15.9 Å². The van der Waals surface area contributed by atoms with E-state index in [0.717, 1.165) is 4.31 Å². The number of nitrogens with zero attached hydrogens (tertiary/aromatic N) is 1. The third-order valence-electron chi connectivity index (χ3n) is 3.92. The smallest absolute Gasteiger partial charge is 0.255 e. The molecule has 0 spiro atoms. The monoisotopic (exact) mass is 412 g/mol. The van der Waals surface area contributed by atoms with Crippen molar-refractivity contribution < 1.29 is 18.0 Å². The Balaban J connectivity index is 1.83. The Labute approximate surface area is 160 Å². The zero-order valence-corrected chi connectivity index (χ0v) is 15.9. The highest BCUT2D eigenvalue weighted by atomic mass is 35.5. The normalized spacial score (nSPS) is 18.8. The van der Waals surface area contributed by atoms with Gasteiger partial charge in [-0.15, -0.1) is 0 Å². The largest absolute Gasteiger partial charge is 0.321 e. The van der Waals surface area contributed by atoms with E-state index in [9.17, 15) is 18.0 Å². The Hall–Kier alpha value is -2.09. The van der Waals surface area contributed by atoms with Crippen molar-refractivity contribution in [2.75, 3.05) is 15.4 Å². The minimum Gasteiger partial charge on any atom is -0.321 e. The fourth-order valence-corrected chi connectivity index (χ4v) is 4.80. The van der Waals surface area contributed by atoms with Crippen LogP contribution in [0, 0.1) is 5.92 Å². The molecule has 1 N–H and O–H groups in total. The first-order chi connectivity index (χ1) is 12.2. The predicted molar refractivity (Wildman–Crippen MR) is 101 cm³/mol. The van der Waals surface area contributed by atoms with Gasteiger partial charge in [-0.1, -0.05) is 36.2 Å². The summed E-state index contributed by atoms with van der Waals surface area (Å²) in [6.45, 7) is 1.57. The number of rotatable bonds is 3. The van der Waals surface area contributed by atoms with Crippen molar-refractivity contribution in [2.45, 2.75) is 6.92 Å². The number of benzene rings is 2. The molecular weight excluding hydrogens is 399 g/mol. The van der Waals surface area contributed by atoms with Crippen LogP contribution in [0.2, 0.25) is 10.0 Å². The van der Waals surface area contributed by atoms with Crippen molar-refractivity contribution in [2.24, 2.45) is 5.92 Å². The molecule has 1 atom stereocenters. The average Bonchev–Trinajstić information content (AvgIpc) is 2.79. The highest BCUT2D eigenvalue weighted by Crippen LogP contribution is 2.31. The number of hydrogen-bond donors (Lipinski definition) is 1. The van der Waals surface area contributed by atoms with Crippen molar-refractivity contribution in [3.8, 4) is 0 Å². The quantitative estimate of drug-likeness (QED) is 0.834. The lowest BCUT2D eigenvalue weighted by Gasteiger charge is -2.15. The van der Waals surface area contributed by atoms with Crippen LogP contribution in [-0.2, 0) is 14.8 Å². The summed E-state index contributed by atoms with van der Waals surface area (Å²) >= 11 is 12.0. The SMILES string of the molecule is CC1CS(=O)(=O)N(c2ccc(C(=O)Nc3cccc(Cl)c3Cl)cc2)C1=O. The summed E-state index contributed by atoms with van der Waals surface area (Å²) in [5.41, 5.74) is 0.845. The van der Waals surface area contributed by atoms with E-state index in [2.05, 4.69) is 5.32 Å². The van der Waals surface area contributed by atoms with Crippen LogP contribution in [0.3, 0.4) is 0 Å². The first kappa shape index (κ1) is 18.7. The number of hydrogen-bond acceptors (Lipinski definition) is 4. The Morgan fingerprint density at radius 2 is 1.81 bits per heavy atom. The second-order valence-electron chi connectivity index (χ2n) is 5.88. The molecule has 136 valence electrons. The number of halogens is 2. The molecule has 2 amide bonds. The summed E-state index contributed by atoms with van der Waals surface area (Å²) in [4.78, 5) is 24.4. The number of anilines is 2. The molecule has 9 heteroatoms. The maximum absolute atomic E-state index is 12.3. The second kappa shape index (κ2) is 6.90. The maximum Gasteiger partial charge on any atom is 0.255 e. The molecule has 2 aromatic carbocycles. The number of carbonyl (C=O) groups excluding carboxylic acids is 2. The van der Waals surface area contributed by atoms with Crippen molar-refractivity contribution >= 4 is 56.4 Å². The number of sulfonamides is 1. The van der Waals surface area contributed by atoms with Gasteiger partial charge < -0.3 is 5.32 Å². The Kier molecular flexibility index (Phi) is 4.96. The highest BCUT2D eigenvalue weighted by molar-refractivity contribution is 7.94. The summed E-state index contributed by atoms with van der Waals surface area (Å²) in [5.74, 6) is -1.73. The number of carbonyl (C=O) groups is 2. The summed E-state index contributed by atoms with van der Waals surface area (Å²) in [6, 6.07) is 10.6. The van der Waals surface area contributed by atoms with E-state index in [1.165, 1.54) is 24.3 Å². The third-order valence-corrected chi connectivity index (χ3v) is 6.61. The number of nitrogens with one attached hydrogen (secondary N) is 1. The van der Waals surface area contributed by atoms with Gasteiger partial charge in [-0.2, -0.15) is 0 Å². The van der Waals surface area contributed by atoms with Crippen molar-refractivity contribution in [3.05, 3.63) is 58.1 Å². The Morgan fingerprint density at radius 1 is 1.15 bits per heavy atom. The van der Waals surface area contributed by atoms with Crippen LogP contribution in [0.25, 0.3) is 0 Å². The van der Waals surface area contributed by atoms with E-state index in [1.807, 2.05) is 0 Å². The van der Waals surface area contributed by atoms with Crippen molar-refractivity contribution in [3.63, 3.8) is 0 Å². The number of amides is 2. The molecular formula is C17H14Cl2N2O4S. The average molecular weight is 413 g/mol. The molecule has 1 aliphatic heterocycles. The molecule has 1 aliphatic rings. The van der Waals surface area contributed by atoms with E-state index in [-0.39, 0.29) is 22.0 Å². The topological polar surface area (TPSA) is 83.6 Å². The van der Waals surface area contributed by atoms with Crippen molar-refractivity contribution in [1.29, 1.82) is 0 Å². The molecule has 0 aliphatic carbocycles. The maximum atomic E-state index is 12.3. The van der Waals surface area contributed by atoms with E-state index in [0.29, 0.717) is 10.7 Å². The van der Waals surface area contributed by atoms with Gasteiger partial charge in [-0.25, -0.2) is 12.7 Å². The van der Waals surface area contributed by atoms with E-state index < -0.39 is 27.8 Å². The van der Waals surface area contributed by atoms with Gasteiger partial charge in [0, 0.05) is 5.56 Å². The van der Waals surface area contributed by atoms with Crippen molar-refractivity contribution in [1.82, 2.24) is 0 Å². The third kappa shape index (κ3) is 3.42. The van der Waals surface area contributed by atoms with Gasteiger partial charge in [0.15, 0.2) is 0 Å². The van der Waals surface area contributed by atoms with Gasteiger partial charge in [-0.3, -0.25) is 9.59 Å².